The minimum absolute atomic E-state index is 0.106. The number of halogens is 3. The molecule has 3 rings (SSSR count). The topological polar surface area (TPSA) is 90.9 Å². The van der Waals surface area contributed by atoms with Crippen LogP contribution in [0.1, 0.15) is 33.5 Å². The number of nitrogens with zero attached hydrogens (tertiary/aromatic N) is 2. The zero-order valence-corrected chi connectivity index (χ0v) is 16.5. The number of pyridine rings is 1. The first-order valence-corrected chi connectivity index (χ1v) is 9.03. The Morgan fingerprint density at radius 1 is 1.27 bits per heavy atom. The Kier molecular flexibility index (Phi) is 5.50. The first-order chi connectivity index (χ1) is 12.3. The first-order valence-electron chi connectivity index (χ1n) is 7.48. The van der Waals surface area contributed by atoms with Gasteiger partial charge in [0.1, 0.15) is 6.04 Å². The summed E-state index contributed by atoms with van der Waals surface area (Å²) in [5.41, 5.74) is 2.53. The van der Waals surface area contributed by atoms with Gasteiger partial charge in [0.2, 0.25) is 0 Å². The fraction of sp³-hybridized carbons (Fsp3) is 0.118. The number of aromatic nitrogens is 3. The third kappa shape index (κ3) is 4.00. The van der Waals surface area contributed by atoms with E-state index in [9.17, 15) is 9.90 Å². The molecule has 0 aliphatic heterocycles. The van der Waals surface area contributed by atoms with Crippen LogP contribution >= 0.6 is 39.1 Å². The predicted molar refractivity (Wildman–Crippen MR) is 104 cm³/mol. The molecule has 26 heavy (non-hydrogen) atoms. The second-order valence-electron chi connectivity index (χ2n) is 5.53. The van der Waals surface area contributed by atoms with Gasteiger partial charge in [-0.15, -0.1) is 0 Å². The number of rotatable bonds is 5. The molecule has 1 unspecified atom stereocenters. The van der Waals surface area contributed by atoms with Gasteiger partial charge in [0, 0.05) is 16.9 Å². The molecule has 0 fully saturated rings. The van der Waals surface area contributed by atoms with Crippen LogP contribution in [0.3, 0.4) is 0 Å². The molecule has 2 heterocycles. The summed E-state index contributed by atoms with van der Waals surface area (Å²) in [7, 11) is 0. The van der Waals surface area contributed by atoms with Gasteiger partial charge in [-0.2, -0.15) is 0 Å². The Morgan fingerprint density at radius 2 is 2.00 bits per heavy atom. The van der Waals surface area contributed by atoms with Gasteiger partial charge in [0.15, 0.2) is 10.4 Å². The Hall–Kier alpha value is -2.09. The number of benzene rings is 1. The minimum atomic E-state index is -1.15. The number of aromatic amines is 1. The highest BCUT2D eigenvalue weighted by atomic mass is 79.9. The molecule has 0 spiro atoms. The molecule has 1 atom stereocenters. The molecule has 3 aromatic rings. The van der Waals surface area contributed by atoms with Crippen molar-refractivity contribution in [1.82, 2.24) is 15.0 Å². The van der Waals surface area contributed by atoms with Crippen molar-refractivity contribution in [1.29, 1.82) is 0 Å². The van der Waals surface area contributed by atoms with Crippen LogP contribution in [0, 0.1) is 6.92 Å². The number of carboxylic acid groups (broad SMARTS) is 1. The first kappa shape index (κ1) is 18.7. The van der Waals surface area contributed by atoms with Crippen molar-refractivity contribution in [3.63, 3.8) is 0 Å². The van der Waals surface area contributed by atoms with Gasteiger partial charge >= 0.3 is 5.97 Å². The van der Waals surface area contributed by atoms with Gasteiger partial charge in [0.05, 0.1) is 16.4 Å². The summed E-state index contributed by atoms with van der Waals surface area (Å²) in [6.45, 7) is 1.92. The molecular formula is C17H13BrCl2N4O2. The third-order valence-electron chi connectivity index (χ3n) is 3.74. The zero-order chi connectivity index (χ0) is 18.8. The fourth-order valence-electron chi connectivity index (χ4n) is 2.49. The third-order valence-corrected chi connectivity index (χ3v) is 4.57. The Morgan fingerprint density at radius 3 is 2.65 bits per heavy atom. The van der Waals surface area contributed by atoms with Gasteiger partial charge in [-0.25, -0.2) is 9.78 Å². The van der Waals surface area contributed by atoms with Gasteiger partial charge in [-0.3, -0.25) is 4.98 Å². The van der Waals surface area contributed by atoms with Gasteiger partial charge in [-0.1, -0.05) is 29.3 Å². The van der Waals surface area contributed by atoms with Crippen LogP contribution in [-0.4, -0.2) is 26.0 Å². The van der Waals surface area contributed by atoms with Gasteiger partial charge in [0.25, 0.3) is 0 Å². The van der Waals surface area contributed by atoms with Gasteiger partial charge in [-0.05, 0) is 52.7 Å². The number of hydrogen-bond acceptors (Lipinski definition) is 4. The van der Waals surface area contributed by atoms with Crippen LogP contribution < -0.4 is 5.32 Å². The van der Waals surface area contributed by atoms with Crippen LogP contribution in [0.5, 0.6) is 0 Å². The van der Waals surface area contributed by atoms with E-state index in [1.165, 1.54) is 6.20 Å². The fourth-order valence-corrected chi connectivity index (χ4v) is 3.16. The average molecular weight is 456 g/mol. The SMILES string of the molecule is Cc1ccc(Cl)cc1NC(c1ccc(Cl)cn1)c1[nH]c(Br)nc1C(=O)O. The van der Waals surface area contributed by atoms with Crippen molar-refractivity contribution < 1.29 is 9.90 Å². The van der Waals surface area contributed by atoms with Crippen LogP contribution in [0.15, 0.2) is 41.3 Å². The van der Waals surface area contributed by atoms with E-state index in [0.29, 0.717) is 26.2 Å². The maximum atomic E-state index is 11.6. The molecule has 0 saturated carbocycles. The highest BCUT2D eigenvalue weighted by Crippen LogP contribution is 2.31. The van der Waals surface area contributed by atoms with Crippen molar-refractivity contribution in [3.8, 4) is 0 Å². The van der Waals surface area contributed by atoms with E-state index < -0.39 is 12.0 Å². The predicted octanol–water partition coefficient (Wildman–Crippen LogP) is 5.08. The number of carboxylic acids is 1. The lowest BCUT2D eigenvalue weighted by atomic mass is 10.1. The average Bonchev–Trinajstić information content (AvgIpc) is 2.98. The minimum Gasteiger partial charge on any atom is -0.476 e. The van der Waals surface area contributed by atoms with Crippen molar-refractivity contribution in [2.24, 2.45) is 0 Å². The second-order valence-corrected chi connectivity index (χ2v) is 7.16. The van der Waals surface area contributed by atoms with E-state index in [0.717, 1.165) is 11.3 Å². The van der Waals surface area contributed by atoms with Crippen molar-refractivity contribution in [3.05, 3.63) is 74.0 Å². The summed E-state index contributed by atoms with van der Waals surface area (Å²) in [6.07, 6.45) is 1.50. The van der Waals surface area contributed by atoms with Crippen LogP contribution in [0.25, 0.3) is 0 Å². The molecule has 2 aromatic heterocycles. The highest BCUT2D eigenvalue weighted by molar-refractivity contribution is 9.10. The number of aromatic carboxylic acids is 1. The van der Waals surface area contributed by atoms with E-state index in [2.05, 4.69) is 36.2 Å². The van der Waals surface area contributed by atoms with E-state index >= 15 is 0 Å². The summed E-state index contributed by atoms with van der Waals surface area (Å²) in [6, 6.07) is 8.24. The molecule has 134 valence electrons. The van der Waals surface area contributed by atoms with E-state index in [-0.39, 0.29) is 5.69 Å². The summed E-state index contributed by atoms with van der Waals surface area (Å²) in [5, 5.41) is 13.8. The van der Waals surface area contributed by atoms with Crippen LogP contribution in [0.4, 0.5) is 5.69 Å². The number of aryl methyl sites for hydroxylation is 1. The van der Waals surface area contributed by atoms with E-state index in [1.807, 2.05) is 13.0 Å². The number of carbonyl (C=O) groups is 1. The smallest absolute Gasteiger partial charge is 0.356 e. The molecule has 0 bridgehead atoms. The molecule has 0 radical (unpaired) electrons. The molecule has 1 aromatic carbocycles. The lowest BCUT2D eigenvalue weighted by Gasteiger charge is -2.20. The van der Waals surface area contributed by atoms with Crippen molar-refractivity contribution >= 4 is 50.8 Å². The maximum absolute atomic E-state index is 11.6. The summed E-state index contributed by atoms with van der Waals surface area (Å²) in [4.78, 5) is 22.9. The second kappa shape index (κ2) is 7.65. The standard InChI is InChI=1S/C17H13BrCl2N4O2/c1-8-2-3-9(19)6-12(8)22-13(11-5-4-10(20)7-21-11)14-15(16(25)26)24-17(18)23-14/h2-7,13,22H,1H3,(H,23,24)(H,25,26). The Bertz CT molecular complexity index is 960. The Labute approximate surface area is 167 Å². The largest absolute Gasteiger partial charge is 0.476 e. The number of imidazole rings is 1. The van der Waals surface area contributed by atoms with Crippen LogP contribution in [-0.2, 0) is 0 Å². The summed E-state index contributed by atoms with van der Waals surface area (Å²) < 4.78 is 0.313. The zero-order valence-electron chi connectivity index (χ0n) is 13.4. The molecule has 0 saturated heterocycles. The molecule has 9 heteroatoms. The lowest BCUT2D eigenvalue weighted by Crippen LogP contribution is -2.18. The molecule has 3 N–H and O–H groups in total. The maximum Gasteiger partial charge on any atom is 0.356 e. The number of anilines is 1. The molecule has 0 aliphatic rings. The molecule has 6 nitrogen and oxygen atoms in total. The number of nitrogens with one attached hydrogen (secondary N) is 2. The van der Waals surface area contributed by atoms with E-state index in [4.69, 9.17) is 23.2 Å². The monoisotopic (exact) mass is 454 g/mol. The Balaban J connectivity index is 2.12. The summed E-state index contributed by atoms with van der Waals surface area (Å²) >= 11 is 15.2. The lowest BCUT2D eigenvalue weighted by molar-refractivity contribution is 0.0689. The highest BCUT2D eigenvalue weighted by Gasteiger charge is 2.26. The molecule has 0 amide bonds. The molecular weight excluding hydrogens is 443 g/mol. The van der Waals surface area contributed by atoms with Crippen LogP contribution in [0.2, 0.25) is 10.0 Å². The quantitative estimate of drug-likeness (QED) is 0.498. The van der Waals surface area contributed by atoms with Crippen molar-refractivity contribution in [2.45, 2.75) is 13.0 Å². The number of H-pyrrole nitrogens is 1. The summed E-state index contributed by atoms with van der Waals surface area (Å²) in [5.74, 6) is -1.15. The van der Waals surface area contributed by atoms with Gasteiger partial charge < -0.3 is 15.4 Å². The normalized spacial score (nSPS) is 12.0. The van der Waals surface area contributed by atoms with Crippen molar-refractivity contribution in [2.75, 3.05) is 5.32 Å². The molecule has 0 aliphatic carbocycles. The number of hydrogen-bond donors (Lipinski definition) is 3. The van der Waals surface area contributed by atoms with E-state index in [1.54, 1.807) is 24.3 Å².